The Morgan fingerprint density at radius 3 is 2.26 bits per heavy atom. The summed E-state index contributed by atoms with van der Waals surface area (Å²) >= 11 is 6.37. The van der Waals surface area contributed by atoms with E-state index >= 15 is 0 Å². The molecule has 0 aliphatic rings. The van der Waals surface area contributed by atoms with Crippen molar-refractivity contribution in [2.75, 3.05) is 0 Å². The molecule has 0 N–H and O–H groups in total. The van der Waals surface area contributed by atoms with Gasteiger partial charge in [0.15, 0.2) is 0 Å². The van der Waals surface area contributed by atoms with Crippen LogP contribution in [0.1, 0.15) is 5.56 Å². The Labute approximate surface area is 117 Å². The van der Waals surface area contributed by atoms with Crippen molar-refractivity contribution < 1.29 is 0 Å². The Balaban J connectivity index is 2.12. The van der Waals surface area contributed by atoms with Gasteiger partial charge in [0, 0.05) is 5.56 Å². The third kappa shape index (κ3) is 2.51. The molecule has 0 heterocycles. The van der Waals surface area contributed by atoms with Gasteiger partial charge in [0.2, 0.25) is 0 Å². The molecule has 0 aliphatic heterocycles. The molecule has 0 atom stereocenters. The van der Waals surface area contributed by atoms with Gasteiger partial charge in [0.1, 0.15) is 5.17 Å². The van der Waals surface area contributed by atoms with E-state index in [1.165, 1.54) is 5.39 Å². The minimum Gasteiger partial charge on any atom is -0.236 e. The number of hydrogen-bond donors (Lipinski definition) is 0. The fourth-order valence-electron chi connectivity index (χ4n) is 2.08. The maximum Gasteiger partial charge on any atom is 0.137 e. The Kier molecular flexibility index (Phi) is 3.30. The first-order valence-corrected chi connectivity index (χ1v) is 6.50. The Bertz CT molecular complexity index is 727. The number of halogens is 1. The van der Waals surface area contributed by atoms with E-state index in [4.69, 9.17) is 11.6 Å². The van der Waals surface area contributed by atoms with Gasteiger partial charge in [-0.2, -0.15) is 0 Å². The molecule has 0 aromatic heterocycles. The average Bonchev–Trinajstić information content (AvgIpc) is 2.47. The molecule has 0 amide bonds. The van der Waals surface area contributed by atoms with E-state index in [-0.39, 0.29) is 0 Å². The van der Waals surface area contributed by atoms with Crippen molar-refractivity contribution in [2.24, 2.45) is 4.99 Å². The summed E-state index contributed by atoms with van der Waals surface area (Å²) in [4.78, 5) is 4.46. The van der Waals surface area contributed by atoms with E-state index in [1.807, 2.05) is 54.6 Å². The van der Waals surface area contributed by atoms with Crippen molar-refractivity contribution in [3.05, 3.63) is 78.4 Å². The lowest BCUT2D eigenvalue weighted by Crippen LogP contribution is -1.92. The molecular weight excluding hydrogens is 254 g/mol. The SMILES string of the molecule is ClC(=Nc1ccccc1)c1cccc2ccccc12. The maximum atomic E-state index is 6.37. The molecule has 0 saturated carbocycles. The van der Waals surface area contributed by atoms with Gasteiger partial charge < -0.3 is 0 Å². The third-order valence-electron chi connectivity index (χ3n) is 3.00. The highest BCUT2D eigenvalue weighted by molar-refractivity contribution is 6.70. The normalized spacial score (nSPS) is 11.7. The van der Waals surface area contributed by atoms with Gasteiger partial charge in [0.05, 0.1) is 5.69 Å². The first-order chi connectivity index (χ1) is 9.34. The smallest absolute Gasteiger partial charge is 0.137 e. The van der Waals surface area contributed by atoms with Crippen LogP contribution in [0.25, 0.3) is 10.8 Å². The Morgan fingerprint density at radius 1 is 0.737 bits per heavy atom. The van der Waals surface area contributed by atoms with Crippen LogP contribution in [0, 0.1) is 0 Å². The van der Waals surface area contributed by atoms with Gasteiger partial charge in [-0.1, -0.05) is 72.3 Å². The molecule has 19 heavy (non-hydrogen) atoms. The van der Waals surface area contributed by atoms with E-state index in [1.54, 1.807) is 0 Å². The van der Waals surface area contributed by atoms with Crippen LogP contribution in [0.3, 0.4) is 0 Å². The van der Waals surface area contributed by atoms with Gasteiger partial charge >= 0.3 is 0 Å². The van der Waals surface area contributed by atoms with Crippen LogP contribution in [0.15, 0.2) is 77.8 Å². The van der Waals surface area contributed by atoms with Crippen molar-refractivity contribution in [1.82, 2.24) is 0 Å². The summed E-state index contributed by atoms with van der Waals surface area (Å²) in [6, 6.07) is 24.0. The molecule has 1 nitrogen and oxygen atoms in total. The van der Waals surface area contributed by atoms with E-state index in [2.05, 4.69) is 23.2 Å². The molecule has 92 valence electrons. The van der Waals surface area contributed by atoms with Gasteiger partial charge in [-0.25, -0.2) is 4.99 Å². The number of aliphatic imine (C=N–C) groups is 1. The van der Waals surface area contributed by atoms with Gasteiger partial charge in [-0.3, -0.25) is 0 Å². The predicted molar refractivity (Wildman–Crippen MR) is 82.4 cm³/mol. The summed E-state index contributed by atoms with van der Waals surface area (Å²) in [6.07, 6.45) is 0. The highest BCUT2D eigenvalue weighted by Crippen LogP contribution is 2.22. The minimum absolute atomic E-state index is 0.517. The van der Waals surface area contributed by atoms with E-state index in [9.17, 15) is 0 Å². The standard InChI is InChI=1S/C17H12ClN/c18-17(19-14-9-2-1-3-10-14)16-12-6-8-13-7-4-5-11-15(13)16/h1-12H. The summed E-state index contributed by atoms with van der Waals surface area (Å²) in [7, 11) is 0. The highest BCUT2D eigenvalue weighted by atomic mass is 35.5. The average molecular weight is 266 g/mol. The molecule has 0 fully saturated rings. The molecule has 0 saturated heterocycles. The molecule has 0 spiro atoms. The van der Waals surface area contributed by atoms with Gasteiger partial charge in [-0.05, 0) is 22.9 Å². The quantitative estimate of drug-likeness (QED) is 0.568. The van der Waals surface area contributed by atoms with Crippen LogP contribution in [-0.2, 0) is 0 Å². The van der Waals surface area contributed by atoms with Gasteiger partial charge in [0.25, 0.3) is 0 Å². The largest absolute Gasteiger partial charge is 0.236 e. The lowest BCUT2D eigenvalue weighted by Gasteiger charge is -2.04. The van der Waals surface area contributed by atoms with Crippen molar-refractivity contribution >= 4 is 33.2 Å². The van der Waals surface area contributed by atoms with Crippen LogP contribution in [0.5, 0.6) is 0 Å². The Morgan fingerprint density at radius 2 is 1.42 bits per heavy atom. The predicted octanol–water partition coefficient (Wildman–Crippen LogP) is 5.16. The second-order valence-corrected chi connectivity index (χ2v) is 4.62. The molecule has 3 aromatic rings. The van der Waals surface area contributed by atoms with Crippen LogP contribution in [0.2, 0.25) is 0 Å². The third-order valence-corrected chi connectivity index (χ3v) is 3.28. The summed E-state index contributed by atoms with van der Waals surface area (Å²) in [5.74, 6) is 0. The monoisotopic (exact) mass is 265 g/mol. The van der Waals surface area contributed by atoms with Crippen LogP contribution >= 0.6 is 11.6 Å². The number of rotatable bonds is 2. The maximum absolute atomic E-state index is 6.37. The molecule has 3 aromatic carbocycles. The highest BCUT2D eigenvalue weighted by Gasteiger charge is 2.05. The fraction of sp³-hybridized carbons (Fsp3) is 0. The minimum atomic E-state index is 0.517. The molecule has 2 heteroatoms. The lowest BCUT2D eigenvalue weighted by atomic mass is 10.1. The van der Waals surface area contributed by atoms with E-state index in [0.717, 1.165) is 16.6 Å². The van der Waals surface area contributed by atoms with Crippen molar-refractivity contribution in [3.8, 4) is 0 Å². The lowest BCUT2D eigenvalue weighted by molar-refractivity contribution is 1.52. The summed E-state index contributed by atoms with van der Waals surface area (Å²) < 4.78 is 0. The fourth-order valence-corrected chi connectivity index (χ4v) is 2.34. The van der Waals surface area contributed by atoms with Crippen LogP contribution in [-0.4, -0.2) is 5.17 Å². The second kappa shape index (κ2) is 5.25. The zero-order valence-corrected chi connectivity index (χ0v) is 11.0. The molecule has 0 aliphatic carbocycles. The number of para-hydroxylation sites is 1. The number of benzene rings is 3. The molecular formula is C17H12ClN. The topological polar surface area (TPSA) is 12.4 Å². The van der Waals surface area contributed by atoms with Crippen molar-refractivity contribution in [2.45, 2.75) is 0 Å². The molecule has 3 rings (SSSR count). The zero-order valence-electron chi connectivity index (χ0n) is 10.3. The Hall–Kier alpha value is -2.12. The number of nitrogens with zero attached hydrogens (tertiary/aromatic N) is 1. The first-order valence-electron chi connectivity index (χ1n) is 6.12. The molecule has 0 bridgehead atoms. The van der Waals surface area contributed by atoms with Crippen molar-refractivity contribution in [1.29, 1.82) is 0 Å². The van der Waals surface area contributed by atoms with Gasteiger partial charge in [-0.15, -0.1) is 0 Å². The summed E-state index contributed by atoms with van der Waals surface area (Å²) in [5.41, 5.74) is 1.82. The van der Waals surface area contributed by atoms with Crippen LogP contribution < -0.4 is 0 Å². The second-order valence-electron chi connectivity index (χ2n) is 4.26. The summed E-state index contributed by atoms with van der Waals surface area (Å²) in [5, 5.41) is 2.80. The zero-order chi connectivity index (χ0) is 13.1. The van der Waals surface area contributed by atoms with Crippen molar-refractivity contribution in [3.63, 3.8) is 0 Å². The summed E-state index contributed by atoms with van der Waals surface area (Å²) in [6.45, 7) is 0. The molecule has 0 unspecified atom stereocenters. The number of hydrogen-bond acceptors (Lipinski definition) is 1. The first kappa shape index (κ1) is 11.9. The number of fused-ring (bicyclic) bond motifs is 1. The van der Waals surface area contributed by atoms with E-state index in [0.29, 0.717) is 5.17 Å². The van der Waals surface area contributed by atoms with E-state index < -0.39 is 0 Å². The molecule has 0 radical (unpaired) electrons. The van der Waals surface area contributed by atoms with Crippen LogP contribution in [0.4, 0.5) is 5.69 Å².